The number of hydrogen-bond acceptors (Lipinski definition) is 4. The van der Waals surface area contributed by atoms with Crippen molar-refractivity contribution in [3.05, 3.63) is 46.0 Å². The van der Waals surface area contributed by atoms with Gasteiger partial charge in [-0.1, -0.05) is 0 Å². The molecule has 2 aromatic heterocycles. The fourth-order valence-corrected chi connectivity index (χ4v) is 2.18. The van der Waals surface area contributed by atoms with Crippen LogP contribution in [0.2, 0.25) is 0 Å². The number of hydrogen-bond donors (Lipinski definition) is 2. The summed E-state index contributed by atoms with van der Waals surface area (Å²) in [6.45, 7) is 1.59. The first-order valence-corrected chi connectivity index (χ1v) is 6.20. The number of anilines is 1. The molecule has 0 saturated carbocycles. The van der Waals surface area contributed by atoms with Crippen molar-refractivity contribution in [2.75, 3.05) is 5.73 Å². The largest absolute Gasteiger partial charge is 0.416 e. The van der Waals surface area contributed by atoms with Gasteiger partial charge in [-0.05, 0) is 31.2 Å². The van der Waals surface area contributed by atoms with Gasteiger partial charge < -0.3 is 10.7 Å². The molecule has 114 valence electrons. The molecule has 0 aliphatic carbocycles. The molecular weight excluding hydrogens is 299 g/mol. The van der Waals surface area contributed by atoms with Crippen molar-refractivity contribution >= 4 is 17.1 Å². The number of H-pyrrole nitrogens is 1. The first-order valence-electron chi connectivity index (χ1n) is 6.20. The zero-order chi connectivity index (χ0) is 16.1. The molecule has 0 amide bonds. The van der Waals surface area contributed by atoms with Gasteiger partial charge >= 0.3 is 6.18 Å². The summed E-state index contributed by atoms with van der Waals surface area (Å²) in [5, 5.41) is 0. The van der Waals surface area contributed by atoms with Crippen LogP contribution in [0, 0.1) is 6.92 Å². The number of benzene rings is 1. The Morgan fingerprint density at radius 2 is 1.82 bits per heavy atom. The maximum Gasteiger partial charge on any atom is 0.416 e. The number of aromatic nitrogens is 4. The Hall–Kier alpha value is -2.84. The number of nitrogens with two attached hydrogens (primary N) is 1. The Kier molecular flexibility index (Phi) is 2.94. The lowest BCUT2D eigenvalue weighted by Crippen LogP contribution is -2.13. The summed E-state index contributed by atoms with van der Waals surface area (Å²) in [6.07, 6.45) is -4.43. The summed E-state index contributed by atoms with van der Waals surface area (Å²) in [7, 11) is 0. The monoisotopic (exact) mass is 309 g/mol. The quantitative estimate of drug-likeness (QED) is 0.719. The number of fused-ring (bicyclic) bond motifs is 1. The topological polar surface area (TPSA) is 89.6 Å². The van der Waals surface area contributed by atoms with Crippen LogP contribution in [0.3, 0.4) is 0 Å². The second-order valence-corrected chi connectivity index (χ2v) is 4.67. The van der Waals surface area contributed by atoms with Crippen LogP contribution in [-0.2, 0) is 6.18 Å². The molecule has 0 bridgehead atoms. The molecule has 0 aliphatic rings. The van der Waals surface area contributed by atoms with Gasteiger partial charge in [0, 0.05) is 5.69 Å². The van der Waals surface area contributed by atoms with Crippen molar-refractivity contribution in [2.45, 2.75) is 13.1 Å². The summed E-state index contributed by atoms with van der Waals surface area (Å²) in [5.41, 5.74) is 5.03. The molecule has 0 radical (unpaired) electrons. The molecule has 0 atom stereocenters. The first-order chi connectivity index (χ1) is 10.3. The van der Waals surface area contributed by atoms with Crippen LogP contribution in [0.4, 0.5) is 19.1 Å². The minimum atomic E-state index is -4.43. The number of aryl methyl sites for hydroxylation is 1. The number of aromatic amines is 1. The molecule has 22 heavy (non-hydrogen) atoms. The molecule has 6 nitrogen and oxygen atoms in total. The molecule has 0 unspecified atom stereocenters. The smallest absolute Gasteiger partial charge is 0.369 e. The van der Waals surface area contributed by atoms with Gasteiger partial charge in [-0.3, -0.25) is 9.36 Å². The SMILES string of the molecule is Cc1nc2nc(N)n(-c3ccc(C(F)(F)F)cc3)c2c(=O)[nH]1. The molecule has 2 heterocycles. The second-order valence-electron chi connectivity index (χ2n) is 4.67. The highest BCUT2D eigenvalue weighted by atomic mass is 19.4. The molecule has 0 fully saturated rings. The molecule has 0 aliphatic heterocycles. The van der Waals surface area contributed by atoms with Crippen molar-refractivity contribution in [3.63, 3.8) is 0 Å². The van der Waals surface area contributed by atoms with Gasteiger partial charge in [-0.2, -0.15) is 18.2 Å². The third-order valence-corrected chi connectivity index (χ3v) is 3.12. The van der Waals surface area contributed by atoms with E-state index in [0.717, 1.165) is 12.1 Å². The Morgan fingerprint density at radius 1 is 1.18 bits per heavy atom. The zero-order valence-corrected chi connectivity index (χ0v) is 11.3. The fourth-order valence-electron chi connectivity index (χ4n) is 2.18. The summed E-state index contributed by atoms with van der Waals surface area (Å²) >= 11 is 0. The normalized spacial score (nSPS) is 12.0. The molecule has 3 aromatic rings. The minimum absolute atomic E-state index is 0.0293. The number of rotatable bonds is 1. The molecule has 9 heteroatoms. The van der Waals surface area contributed by atoms with Gasteiger partial charge in [0.2, 0.25) is 5.95 Å². The van der Waals surface area contributed by atoms with E-state index in [2.05, 4.69) is 15.0 Å². The van der Waals surface area contributed by atoms with E-state index in [9.17, 15) is 18.0 Å². The van der Waals surface area contributed by atoms with Crippen LogP contribution >= 0.6 is 0 Å². The number of nitrogens with one attached hydrogen (secondary N) is 1. The van der Waals surface area contributed by atoms with Gasteiger partial charge in [0.05, 0.1) is 5.56 Å². The van der Waals surface area contributed by atoms with E-state index in [1.54, 1.807) is 6.92 Å². The summed E-state index contributed by atoms with van der Waals surface area (Å²) < 4.78 is 39.0. The summed E-state index contributed by atoms with van der Waals surface area (Å²) in [6, 6.07) is 4.27. The van der Waals surface area contributed by atoms with Crippen LogP contribution in [0.1, 0.15) is 11.4 Å². The highest BCUT2D eigenvalue weighted by Crippen LogP contribution is 2.30. The lowest BCUT2D eigenvalue weighted by atomic mass is 10.2. The third-order valence-electron chi connectivity index (χ3n) is 3.12. The molecule has 0 saturated heterocycles. The van der Waals surface area contributed by atoms with E-state index < -0.39 is 17.3 Å². The van der Waals surface area contributed by atoms with Crippen LogP contribution in [0.5, 0.6) is 0 Å². The highest BCUT2D eigenvalue weighted by molar-refractivity contribution is 5.76. The molecule has 3 rings (SSSR count). The Morgan fingerprint density at radius 3 is 2.41 bits per heavy atom. The van der Waals surface area contributed by atoms with Crippen molar-refractivity contribution in [1.82, 2.24) is 19.5 Å². The fraction of sp³-hybridized carbons (Fsp3) is 0.154. The number of nitrogen functional groups attached to an aromatic ring is 1. The van der Waals surface area contributed by atoms with E-state index >= 15 is 0 Å². The van der Waals surface area contributed by atoms with Crippen LogP contribution in [0.25, 0.3) is 16.9 Å². The van der Waals surface area contributed by atoms with Gasteiger partial charge in [0.25, 0.3) is 5.56 Å². The first kappa shape index (κ1) is 14.1. The predicted octanol–water partition coefficient (Wildman–Crippen LogP) is 2.02. The lowest BCUT2D eigenvalue weighted by Gasteiger charge is -2.09. The van der Waals surface area contributed by atoms with Crippen LogP contribution < -0.4 is 11.3 Å². The van der Waals surface area contributed by atoms with Crippen LogP contribution in [-0.4, -0.2) is 19.5 Å². The second kappa shape index (κ2) is 4.58. The van der Waals surface area contributed by atoms with Gasteiger partial charge in [-0.25, -0.2) is 4.98 Å². The lowest BCUT2D eigenvalue weighted by molar-refractivity contribution is -0.137. The van der Waals surface area contributed by atoms with Gasteiger partial charge in [0.15, 0.2) is 11.2 Å². The minimum Gasteiger partial charge on any atom is -0.369 e. The Balaban J connectivity index is 2.22. The molecule has 3 N–H and O–H groups in total. The number of halogens is 3. The molecular formula is C13H10F3N5O. The van der Waals surface area contributed by atoms with Crippen LogP contribution in [0.15, 0.2) is 29.1 Å². The highest BCUT2D eigenvalue weighted by Gasteiger charge is 2.30. The zero-order valence-electron chi connectivity index (χ0n) is 11.3. The standard InChI is InChI=1S/C13H10F3N5O/c1-6-18-10-9(11(22)19-6)21(12(17)20-10)8-4-2-7(3-5-8)13(14,15)16/h2-5H,1H3,(H3,17,18,19,20,22). The number of alkyl halides is 3. The van der Waals surface area contributed by atoms with Crippen molar-refractivity contribution in [1.29, 1.82) is 0 Å². The van der Waals surface area contributed by atoms with E-state index in [1.807, 2.05) is 0 Å². The van der Waals surface area contributed by atoms with E-state index in [1.165, 1.54) is 16.7 Å². The average Bonchev–Trinajstić information content (AvgIpc) is 2.74. The van der Waals surface area contributed by atoms with Crippen molar-refractivity contribution in [2.24, 2.45) is 0 Å². The van der Waals surface area contributed by atoms with Gasteiger partial charge in [0.1, 0.15) is 5.82 Å². The van der Waals surface area contributed by atoms with E-state index in [4.69, 9.17) is 5.73 Å². The Bertz CT molecular complexity index is 908. The summed E-state index contributed by atoms with van der Waals surface area (Å²) in [4.78, 5) is 22.6. The maximum atomic E-state index is 12.6. The molecule has 1 aromatic carbocycles. The summed E-state index contributed by atoms with van der Waals surface area (Å²) in [5.74, 6) is 0.341. The predicted molar refractivity (Wildman–Crippen MR) is 73.6 cm³/mol. The Labute approximate surface area is 121 Å². The van der Waals surface area contributed by atoms with Crippen molar-refractivity contribution in [3.8, 4) is 5.69 Å². The van der Waals surface area contributed by atoms with E-state index in [-0.39, 0.29) is 17.1 Å². The third kappa shape index (κ3) is 2.20. The average molecular weight is 309 g/mol. The van der Waals surface area contributed by atoms with Gasteiger partial charge in [-0.15, -0.1) is 0 Å². The number of nitrogens with zero attached hydrogens (tertiary/aromatic N) is 3. The van der Waals surface area contributed by atoms with E-state index in [0.29, 0.717) is 11.5 Å². The number of imidazole rings is 1. The molecule has 0 spiro atoms. The van der Waals surface area contributed by atoms with Crippen molar-refractivity contribution < 1.29 is 13.2 Å². The maximum absolute atomic E-state index is 12.6.